The summed E-state index contributed by atoms with van der Waals surface area (Å²) in [5.74, 6) is -1.20. The summed E-state index contributed by atoms with van der Waals surface area (Å²) in [5, 5.41) is 12.2. The van der Waals surface area contributed by atoms with Crippen LogP contribution in [0.4, 0.5) is 5.00 Å². The second-order valence-corrected chi connectivity index (χ2v) is 7.67. The lowest BCUT2D eigenvalue weighted by Crippen LogP contribution is -2.30. The first-order chi connectivity index (χ1) is 15.3. The molecule has 164 valence electrons. The first kappa shape index (κ1) is 22.7. The van der Waals surface area contributed by atoms with Crippen molar-refractivity contribution in [3.63, 3.8) is 0 Å². The zero-order valence-corrected chi connectivity index (χ0v) is 18.4. The predicted octanol–water partition coefficient (Wildman–Crippen LogP) is 3.68. The normalized spacial score (nSPS) is 11.3. The highest BCUT2D eigenvalue weighted by atomic mass is 32.1. The molecule has 0 saturated heterocycles. The minimum atomic E-state index is -1.13. The minimum absolute atomic E-state index is 0.165. The molecule has 3 rings (SSSR count). The van der Waals surface area contributed by atoms with Gasteiger partial charge in [-0.15, -0.1) is 11.3 Å². The van der Waals surface area contributed by atoms with Crippen molar-refractivity contribution in [2.45, 2.75) is 26.9 Å². The van der Waals surface area contributed by atoms with Crippen molar-refractivity contribution in [2.75, 3.05) is 11.9 Å². The molecule has 0 spiro atoms. The first-order valence-electron chi connectivity index (χ1n) is 9.68. The van der Waals surface area contributed by atoms with Crippen LogP contribution in [0.2, 0.25) is 0 Å². The van der Waals surface area contributed by atoms with Gasteiger partial charge in [-0.05, 0) is 38.5 Å². The Morgan fingerprint density at radius 3 is 2.56 bits per heavy atom. The maximum Gasteiger partial charge on any atom is 0.348 e. The van der Waals surface area contributed by atoms with E-state index in [-0.39, 0.29) is 27.6 Å². The number of aromatic nitrogens is 2. The number of nitrogens with zero attached hydrogens (tertiary/aromatic N) is 2. The van der Waals surface area contributed by atoms with Gasteiger partial charge in [0, 0.05) is 18.0 Å². The van der Waals surface area contributed by atoms with E-state index >= 15 is 0 Å². The number of aromatic amines is 1. The van der Waals surface area contributed by atoms with Crippen LogP contribution in [0.5, 0.6) is 0 Å². The number of nitrogens with one attached hydrogen (secondary N) is 2. The molecular weight excluding hydrogens is 432 g/mol. The lowest BCUT2D eigenvalue weighted by atomic mass is 10.1. The number of nitriles is 1. The summed E-state index contributed by atoms with van der Waals surface area (Å²) >= 11 is 0.942. The summed E-state index contributed by atoms with van der Waals surface area (Å²) in [5.41, 5.74) is 1.66. The fourth-order valence-electron chi connectivity index (χ4n) is 2.81. The third-order valence-electron chi connectivity index (χ3n) is 4.50. The van der Waals surface area contributed by atoms with Crippen molar-refractivity contribution < 1.29 is 23.9 Å². The van der Waals surface area contributed by atoms with Crippen LogP contribution in [-0.2, 0) is 14.3 Å². The number of amides is 1. The summed E-state index contributed by atoms with van der Waals surface area (Å²) < 4.78 is 10.2. The van der Waals surface area contributed by atoms with Gasteiger partial charge in [0.1, 0.15) is 21.8 Å². The molecule has 0 bridgehead atoms. The number of hydrogen-bond acceptors (Lipinski definition) is 8. The van der Waals surface area contributed by atoms with Crippen molar-refractivity contribution in [1.82, 2.24) is 9.97 Å². The van der Waals surface area contributed by atoms with Crippen LogP contribution in [0.15, 0.2) is 36.7 Å². The van der Waals surface area contributed by atoms with Crippen LogP contribution >= 0.6 is 11.3 Å². The number of anilines is 1. The maximum absolute atomic E-state index is 12.6. The quantitative estimate of drug-likeness (QED) is 0.522. The topological polar surface area (TPSA) is 134 Å². The van der Waals surface area contributed by atoms with Crippen LogP contribution in [-0.4, -0.2) is 40.5 Å². The SMILES string of the molecule is CCOC(=O)c1sc(NC(=O)C(C)OC(=O)c2ccc(-c3ncc[nH]3)cc2)c(C#N)c1C. The number of esters is 2. The summed E-state index contributed by atoms with van der Waals surface area (Å²) in [6, 6.07) is 8.56. The number of hydrogen-bond donors (Lipinski definition) is 2. The van der Waals surface area contributed by atoms with E-state index < -0.39 is 23.9 Å². The zero-order valence-electron chi connectivity index (χ0n) is 17.6. The Morgan fingerprint density at radius 2 is 1.97 bits per heavy atom. The number of H-pyrrole nitrogens is 1. The number of thiophene rings is 1. The standard InChI is InChI=1S/C22H20N4O5S/c1-4-30-22(29)17-12(2)16(11-23)20(32-17)26-19(27)13(3)31-21(28)15-7-5-14(6-8-15)18-24-9-10-25-18/h5-10,13H,4H2,1-3H3,(H,24,25)(H,26,27). The molecule has 32 heavy (non-hydrogen) atoms. The molecule has 2 N–H and O–H groups in total. The van der Waals surface area contributed by atoms with Gasteiger partial charge in [0.05, 0.1) is 17.7 Å². The molecule has 10 heteroatoms. The van der Waals surface area contributed by atoms with E-state index in [2.05, 4.69) is 15.3 Å². The van der Waals surface area contributed by atoms with Gasteiger partial charge in [-0.3, -0.25) is 4.79 Å². The van der Waals surface area contributed by atoms with Crippen LogP contribution in [0.25, 0.3) is 11.4 Å². The Balaban J connectivity index is 1.67. The molecule has 0 fully saturated rings. The third-order valence-corrected chi connectivity index (χ3v) is 5.69. The average Bonchev–Trinajstić information content (AvgIpc) is 3.42. The number of benzene rings is 1. The third kappa shape index (κ3) is 4.84. The van der Waals surface area contributed by atoms with E-state index in [0.29, 0.717) is 11.4 Å². The maximum atomic E-state index is 12.6. The number of carbonyl (C=O) groups excluding carboxylic acids is 3. The summed E-state index contributed by atoms with van der Waals surface area (Å²) in [4.78, 5) is 44.4. The highest BCUT2D eigenvalue weighted by Crippen LogP contribution is 2.33. The Hall–Kier alpha value is -3.97. The Bertz CT molecular complexity index is 1180. The molecular formula is C22H20N4O5S. The van der Waals surface area contributed by atoms with Gasteiger partial charge in [0.25, 0.3) is 5.91 Å². The molecule has 1 aromatic carbocycles. The van der Waals surface area contributed by atoms with E-state index in [4.69, 9.17) is 9.47 Å². The van der Waals surface area contributed by atoms with Gasteiger partial charge < -0.3 is 19.8 Å². The van der Waals surface area contributed by atoms with Gasteiger partial charge in [-0.25, -0.2) is 14.6 Å². The number of carbonyl (C=O) groups is 3. The first-order valence-corrected chi connectivity index (χ1v) is 10.5. The van der Waals surface area contributed by atoms with Crippen LogP contribution in [0, 0.1) is 18.3 Å². The number of rotatable bonds is 7. The van der Waals surface area contributed by atoms with Gasteiger partial charge in [-0.2, -0.15) is 5.26 Å². The van der Waals surface area contributed by atoms with Crippen molar-refractivity contribution >= 4 is 34.2 Å². The number of ether oxygens (including phenoxy) is 2. The van der Waals surface area contributed by atoms with E-state index in [9.17, 15) is 19.6 Å². The Labute approximate surface area is 188 Å². The molecule has 1 unspecified atom stereocenters. The summed E-state index contributed by atoms with van der Waals surface area (Å²) in [7, 11) is 0. The molecule has 1 atom stereocenters. The zero-order chi connectivity index (χ0) is 23.3. The van der Waals surface area contributed by atoms with E-state index in [1.165, 1.54) is 6.92 Å². The monoisotopic (exact) mass is 452 g/mol. The molecule has 3 aromatic rings. The number of imidazole rings is 1. The molecule has 2 aromatic heterocycles. The second kappa shape index (κ2) is 9.89. The van der Waals surface area contributed by atoms with Crippen molar-refractivity contribution in [1.29, 1.82) is 5.26 Å². The summed E-state index contributed by atoms with van der Waals surface area (Å²) in [6.07, 6.45) is 2.19. The Morgan fingerprint density at radius 1 is 1.25 bits per heavy atom. The molecule has 0 aliphatic rings. The smallest absolute Gasteiger partial charge is 0.348 e. The van der Waals surface area contributed by atoms with Gasteiger partial charge in [0.15, 0.2) is 6.10 Å². The van der Waals surface area contributed by atoms with Crippen LogP contribution in [0.1, 0.15) is 45.0 Å². The summed E-state index contributed by atoms with van der Waals surface area (Å²) in [6.45, 7) is 4.89. The Kier molecular flexibility index (Phi) is 7.02. The lowest BCUT2D eigenvalue weighted by Gasteiger charge is -2.13. The molecule has 9 nitrogen and oxygen atoms in total. The van der Waals surface area contributed by atoms with Crippen LogP contribution in [0.3, 0.4) is 0 Å². The molecule has 2 heterocycles. The fraction of sp³-hybridized carbons (Fsp3) is 0.227. The molecule has 1 amide bonds. The van der Waals surface area contributed by atoms with E-state index in [1.807, 2.05) is 6.07 Å². The van der Waals surface area contributed by atoms with E-state index in [1.54, 1.807) is 50.5 Å². The van der Waals surface area contributed by atoms with Gasteiger partial charge in [-0.1, -0.05) is 12.1 Å². The fourth-order valence-corrected chi connectivity index (χ4v) is 3.86. The molecule has 0 radical (unpaired) electrons. The lowest BCUT2D eigenvalue weighted by molar-refractivity contribution is -0.123. The highest BCUT2D eigenvalue weighted by molar-refractivity contribution is 7.18. The van der Waals surface area contributed by atoms with E-state index in [0.717, 1.165) is 16.9 Å². The van der Waals surface area contributed by atoms with Crippen molar-refractivity contribution in [2.24, 2.45) is 0 Å². The highest BCUT2D eigenvalue weighted by Gasteiger charge is 2.25. The minimum Gasteiger partial charge on any atom is -0.462 e. The second-order valence-electron chi connectivity index (χ2n) is 6.64. The van der Waals surface area contributed by atoms with Gasteiger partial charge in [0.2, 0.25) is 0 Å². The average molecular weight is 452 g/mol. The largest absolute Gasteiger partial charge is 0.462 e. The predicted molar refractivity (Wildman–Crippen MR) is 117 cm³/mol. The van der Waals surface area contributed by atoms with Crippen molar-refractivity contribution in [3.8, 4) is 17.5 Å². The molecule has 0 aliphatic heterocycles. The van der Waals surface area contributed by atoms with Gasteiger partial charge >= 0.3 is 11.9 Å². The van der Waals surface area contributed by atoms with Crippen LogP contribution < -0.4 is 5.32 Å². The molecule has 0 aliphatic carbocycles. The molecule has 0 saturated carbocycles. The van der Waals surface area contributed by atoms with Crippen molar-refractivity contribution in [3.05, 3.63) is 58.2 Å².